The Kier molecular flexibility index (Phi) is 7.96. The minimum absolute atomic E-state index is 0.105. The van der Waals surface area contributed by atoms with E-state index in [2.05, 4.69) is 5.32 Å². The van der Waals surface area contributed by atoms with Gasteiger partial charge in [0.05, 0.1) is 4.90 Å². The van der Waals surface area contributed by atoms with Crippen molar-refractivity contribution < 1.29 is 26.8 Å². The molecule has 2 amide bonds. The Morgan fingerprint density at radius 1 is 1.08 bits per heavy atom. The maximum atomic E-state index is 14.5. The Bertz CT molecular complexity index is 1190. The van der Waals surface area contributed by atoms with Crippen LogP contribution in [0.2, 0.25) is 5.02 Å². The van der Waals surface area contributed by atoms with Gasteiger partial charge < -0.3 is 10.2 Å². The van der Waals surface area contributed by atoms with E-state index < -0.39 is 40.7 Å². The minimum Gasteiger partial charge on any atom is -0.354 e. The lowest BCUT2D eigenvalue weighted by atomic mass is 9.95. The van der Waals surface area contributed by atoms with Gasteiger partial charge in [0.15, 0.2) is 0 Å². The van der Waals surface area contributed by atoms with Crippen LogP contribution in [0.15, 0.2) is 59.5 Å². The number of hydrogen-bond acceptors (Lipinski definition) is 4. The molecule has 7 nitrogen and oxygen atoms in total. The number of nitrogens with zero attached hydrogens (tertiary/aromatic N) is 2. The van der Waals surface area contributed by atoms with Crippen molar-refractivity contribution in [1.82, 2.24) is 14.5 Å². The first-order chi connectivity index (χ1) is 17.1. The number of sulfonamides is 1. The van der Waals surface area contributed by atoms with Gasteiger partial charge in [0.2, 0.25) is 15.9 Å². The maximum Gasteiger partial charge on any atom is 0.253 e. The summed E-state index contributed by atoms with van der Waals surface area (Å²) in [5.74, 6) is -4.25. The van der Waals surface area contributed by atoms with Gasteiger partial charge in [-0.1, -0.05) is 29.8 Å². The summed E-state index contributed by atoms with van der Waals surface area (Å²) in [7, 11) is -4.29. The highest BCUT2D eigenvalue weighted by Crippen LogP contribution is 2.33. The van der Waals surface area contributed by atoms with Crippen molar-refractivity contribution in [3.63, 3.8) is 0 Å². The summed E-state index contributed by atoms with van der Waals surface area (Å²) in [4.78, 5) is 27.1. The maximum absolute atomic E-state index is 14.5. The Balaban J connectivity index is 1.56. The normalized spacial score (nSPS) is 21.2. The van der Waals surface area contributed by atoms with Gasteiger partial charge in [0.1, 0.15) is 6.04 Å². The van der Waals surface area contributed by atoms with Crippen molar-refractivity contribution in [3.8, 4) is 0 Å². The molecule has 2 aliphatic heterocycles. The fourth-order valence-corrected chi connectivity index (χ4v) is 6.46. The molecule has 0 saturated carbocycles. The lowest BCUT2D eigenvalue weighted by Gasteiger charge is -2.37. The molecule has 0 spiro atoms. The lowest BCUT2D eigenvalue weighted by Crippen LogP contribution is -2.52. The van der Waals surface area contributed by atoms with Gasteiger partial charge in [-0.2, -0.15) is 4.31 Å². The molecule has 0 radical (unpaired) electrons. The minimum atomic E-state index is -4.29. The van der Waals surface area contributed by atoms with Crippen LogP contribution in [0.25, 0.3) is 0 Å². The third-order valence-electron chi connectivity index (χ3n) is 6.71. The van der Waals surface area contributed by atoms with E-state index in [0.29, 0.717) is 36.5 Å². The Morgan fingerprint density at radius 2 is 1.72 bits per heavy atom. The summed E-state index contributed by atoms with van der Waals surface area (Å²) >= 11 is 5.91. The number of halogens is 3. The zero-order chi connectivity index (χ0) is 25.9. The van der Waals surface area contributed by atoms with E-state index in [0.717, 1.165) is 4.31 Å². The van der Waals surface area contributed by atoms with Crippen LogP contribution in [-0.2, 0) is 14.8 Å². The van der Waals surface area contributed by atoms with E-state index in [1.165, 1.54) is 24.3 Å². The number of benzene rings is 2. The molecule has 0 bridgehead atoms. The number of hydrogen-bond donors (Lipinski definition) is 1. The quantitative estimate of drug-likeness (QED) is 0.605. The Hall–Kier alpha value is -2.56. The topological polar surface area (TPSA) is 86.8 Å². The summed E-state index contributed by atoms with van der Waals surface area (Å²) in [6, 6.07) is 12.7. The average Bonchev–Trinajstić information content (AvgIpc) is 3.00. The van der Waals surface area contributed by atoms with Gasteiger partial charge in [-0.05, 0) is 55.2 Å². The first kappa shape index (κ1) is 26.5. The van der Waals surface area contributed by atoms with Crippen LogP contribution in [0.5, 0.6) is 0 Å². The molecule has 2 aliphatic rings. The number of alkyl halides is 2. The molecule has 2 heterocycles. The van der Waals surface area contributed by atoms with Gasteiger partial charge >= 0.3 is 0 Å². The summed E-state index contributed by atoms with van der Waals surface area (Å²) < 4.78 is 57.2. The molecular weight excluding hydrogens is 512 g/mol. The third kappa shape index (κ3) is 6.04. The van der Waals surface area contributed by atoms with Crippen LogP contribution in [0.1, 0.15) is 36.0 Å². The van der Waals surface area contributed by atoms with Gasteiger partial charge in [0, 0.05) is 49.6 Å². The van der Waals surface area contributed by atoms with Gasteiger partial charge in [-0.25, -0.2) is 17.2 Å². The second kappa shape index (κ2) is 10.8. The van der Waals surface area contributed by atoms with Crippen molar-refractivity contribution >= 4 is 33.4 Å². The molecule has 1 N–H and O–H groups in total. The van der Waals surface area contributed by atoms with Crippen LogP contribution in [0.4, 0.5) is 8.78 Å². The number of piperidine rings is 1. The van der Waals surface area contributed by atoms with E-state index in [9.17, 15) is 26.8 Å². The predicted octanol–water partition coefficient (Wildman–Crippen LogP) is 3.80. The molecule has 4 rings (SSSR count). The summed E-state index contributed by atoms with van der Waals surface area (Å²) in [5, 5.41) is 2.77. The van der Waals surface area contributed by atoms with Crippen molar-refractivity contribution in [1.29, 1.82) is 0 Å². The second-order valence-electron chi connectivity index (χ2n) is 9.25. The first-order valence-electron chi connectivity index (χ1n) is 11.8. The van der Waals surface area contributed by atoms with Crippen LogP contribution < -0.4 is 5.32 Å². The van der Waals surface area contributed by atoms with Crippen molar-refractivity contribution in [3.05, 3.63) is 65.2 Å². The highest BCUT2D eigenvalue weighted by atomic mass is 35.5. The number of carbonyl (C=O) groups is 2. The largest absolute Gasteiger partial charge is 0.354 e. The average molecular weight is 540 g/mol. The van der Waals surface area contributed by atoms with E-state index in [1.807, 2.05) is 6.07 Å². The first-order valence-corrected chi connectivity index (χ1v) is 13.7. The van der Waals surface area contributed by atoms with Crippen LogP contribution in [0.3, 0.4) is 0 Å². The molecule has 0 aromatic heterocycles. The fraction of sp³-hybridized carbons (Fsp3) is 0.440. The molecule has 2 aromatic rings. The highest BCUT2D eigenvalue weighted by Gasteiger charge is 2.45. The van der Waals surface area contributed by atoms with Crippen LogP contribution >= 0.6 is 11.6 Å². The van der Waals surface area contributed by atoms with Crippen molar-refractivity contribution in [2.24, 2.45) is 5.92 Å². The molecule has 1 unspecified atom stereocenters. The zero-order valence-electron chi connectivity index (χ0n) is 19.6. The predicted molar refractivity (Wildman–Crippen MR) is 131 cm³/mol. The van der Waals surface area contributed by atoms with Gasteiger partial charge in [-0.3, -0.25) is 9.59 Å². The Labute approximate surface area is 214 Å². The van der Waals surface area contributed by atoms with E-state index >= 15 is 0 Å². The molecule has 194 valence electrons. The van der Waals surface area contributed by atoms with Crippen LogP contribution in [0, 0.1) is 5.92 Å². The highest BCUT2D eigenvalue weighted by molar-refractivity contribution is 7.89. The monoisotopic (exact) mass is 539 g/mol. The van der Waals surface area contributed by atoms with E-state index in [4.69, 9.17) is 11.6 Å². The molecule has 2 aromatic carbocycles. The molecule has 2 saturated heterocycles. The molecule has 2 fully saturated rings. The van der Waals surface area contributed by atoms with E-state index in [1.54, 1.807) is 29.2 Å². The summed E-state index contributed by atoms with van der Waals surface area (Å²) in [5.41, 5.74) is 0.570. The smallest absolute Gasteiger partial charge is 0.253 e. The molecule has 36 heavy (non-hydrogen) atoms. The number of nitrogens with one attached hydrogen (secondary N) is 1. The zero-order valence-corrected chi connectivity index (χ0v) is 21.1. The standard InChI is InChI=1S/C25H28ClF2N3O4S/c26-20-6-8-21(9-7-20)36(34,35)31(22-16-25(27,28)12-13-29-23(22)32)17-18-10-14-30(15-11-18)24(33)19-4-2-1-3-5-19/h1-9,18,22H,10-17H2,(H,29,32). The summed E-state index contributed by atoms with van der Waals surface area (Å²) in [6.07, 6.45) is -0.479. The lowest BCUT2D eigenvalue weighted by molar-refractivity contribution is -0.126. The van der Waals surface area contributed by atoms with Crippen molar-refractivity contribution in [2.75, 3.05) is 26.2 Å². The Morgan fingerprint density at radius 3 is 2.36 bits per heavy atom. The van der Waals surface area contributed by atoms with E-state index in [-0.39, 0.29) is 29.8 Å². The van der Waals surface area contributed by atoms with Crippen molar-refractivity contribution in [2.45, 2.75) is 42.5 Å². The number of likely N-dealkylation sites (tertiary alicyclic amines) is 1. The SMILES string of the molecule is O=C1NCCC(F)(F)CC1N(CC1CCN(C(=O)c2ccccc2)CC1)S(=O)(=O)c1ccc(Cl)cc1. The van der Waals surface area contributed by atoms with Gasteiger partial charge in [0.25, 0.3) is 11.8 Å². The fourth-order valence-electron chi connectivity index (χ4n) is 4.67. The molecule has 11 heteroatoms. The van der Waals surface area contributed by atoms with Crippen LogP contribution in [-0.4, -0.2) is 67.6 Å². The number of rotatable bonds is 6. The second-order valence-corrected chi connectivity index (χ2v) is 11.6. The number of amides is 2. The molecule has 0 aliphatic carbocycles. The third-order valence-corrected chi connectivity index (χ3v) is 8.85. The summed E-state index contributed by atoms with van der Waals surface area (Å²) in [6.45, 7) is 0.476. The number of carbonyl (C=O) groups excluding carboxylic acids is 2. The molecule has 1 atom stereocenters. The van der Waals surface area contributed by atoms with Gasteiger partial charge in [-0.15, -0.1) is 0 Å². The molecular formula is C25H28ClF2N3O4S.